The summed E-state index contributed by atoms with van der Waals surface area (Å²) in [7, 11) is -3.47. The molecular weight excluding hydrogens is 230 g/mol. The van der Waals surface area contributed by atoms with E-state index in [2.05, 4.69) is 0 Å². The van der Waals surface area contributed by atoms with E-state index in [4.69, 9.17) is 14.6 Å². The van der Waals surface area contributed by atoms with Crippen LogP contribution in [0.2, 0.25) is 0 Å². The molecular formula is C10H15NO4S. The molecule has 0 aliphatic carbocycles. The van der Waals surface area contributed by atoms with Crippen molar-refractivity contribution >= 4 is 10.0 Å². The number of ether oxygens (including phenoxy) is 2. The van der Waals surface area contributed by atoms with Gasteiger partial charge in [-0.25, -0.2) is 13.6 Å². The second-order valence-corrected chi connectivity index (χ2v) is 4.86. The van der Waals surface area contributed by atoms with Crippen LogP contribution in [0, 0.1) is 0 Å². The summed E-state index contributed by atoms with van der Waals surface area (Å²) >= 11 is 0. The molecule has 0 bridgehead atoms. The number of rotatable bonds is 6. The third-order valence-corrected chi connectivity index (χ3v) is 2.49. The fraction of sp³-hybridized carbons (Fsp3) is 0.400. The first-order valence-electron chi connectivity index (χ1n) is 4.87. The zero-order chi connectivity index (χ0) is 12.0. The zero-order valence-corrected chi connectivity index (χ0v) is 9.87. The van der Waals surface area contributed by atoms with Crippen LogP contribution in [0.1, 0.15) is 6.92 Å². The van der Waals surface area contributed by atoms with Crippen molar-refractivity contribution in [3.8, 4) is 11.5 Å². The highest BCUT2D eigenvalue weighted by Crippen LogP contribution is 2.19. The fourth-order valence-corrected chi connectivity index (χ4v) is 1.41. The van der Waals surface area contributed by atoms with Crippen LogP contribution in [0.25, 0.3) is 0 Å². The van der Waals surface area contributed by atoms with Gasteiger partial charge in [0.1, 0.15) is 18.1 Å². The van der Waals surface area contributed by atoms with Crippen molar-refractivity contribution in [1.29, 1.82) is 0 Å². The molecule has 0 fully saturated rings. The predicted molar refractivity (Wildman–Crippen MR) is 61.1 cm³/mol. The number of hydrogen-bond donors (Lipinski definition) is 1. The quantitative estimate of drug-likeness (QED) is 0.802. The lowest BCUT2D eigenvalue weighted by Gasteiger charge is -2.07. The lowest BCUT2D eigenvalue weighted by molar-refractivity contribution is 0.323. The van der Waals surface area contributed by atoms with Gasteiger partial charge >= 0.3 is 0 Å². The summed E-state index contributed by atoms with van der Waals surface area (Å²) in [6.45, 7) is 2.49. The summed E-state index contributed by atoms with van der Waals surface area (Å²) in [4.78, 5) is 0. The molecule has 16 heavy (non-hydrogen) atoms. The third-order valence-electron chi connectivity index (χ3n) is 1.75. The molecule has 0 spiro atoms. The van der Waals surface area contributed by atoms with Crippen LogP contribution in [0.5, 0.6) is 11.5 Å². The SMILES string of the molecule is CCOc1cccc(OCCS(N)(=O)=O)c1. The van der Waals surface area contributed by atoms with Crippen LogP contribution in [0.3, 0.4) is 0 Å². The molecule has 0 saturated carbocycles. The molecule has 0 aliphatic heterocycles. The molecule has 1 aromatic carbocycles. The number of sulfonamides is 1. The van der Waals surface area contributed by atoms with Crippen molar-refractivity contribution in [2.75, 3.05) is 19.0 Å². The summed E-state index contributed by atoms with van der Waals surface area (Å²) in [5.41, 5.74) is 0. The topological polar surface area (TPSA) is 78.6 Å². The van der Waals surface area contributed by atoms with Gasteiger partial charge in [0.15, 0.2) is 0 Å². The van der Waals surface area contributed by atoms with Gasteiger partial charge in [0.25, 0.3) is 0 Å². The normalized spacial score (nSPS) is 11.1. The Morgan fingerprint density at radius 3 is 2.44 bits per heavy atom. The molecule has 90 valence electrons. The van der Waals surface area contributed by atoms with Gasteiger partial charge in [-0.05, 0) is 19.1 Å². The summed E-state index contributed by atoms with van der Waals surface area (Å²) < 4.78 is 31.8. The molecule has 0 saturated heterocycles. The van der Waals surface area contributed by atoms with Crippen molar-refractivity contribution in [3.05, 3.63) is 24.3 Å². The van der Waals surface area contributed by atoms with Gasteiger partial charge in [-0.15, -0.1) is 0 Å². The zero-order valence-electron chi connectivity index (χ0n) is 9.05. The van der Waals surface area contributed by atoms with E-state index in [1.807, 2.05) is 6.92 Å². The van der Waals surface area contributed by atoms with Crippen LogP contribution in [0.4, 0.5) is 0 Å². The van der Waals surface area contributed by atoms with Gasteiger partial charge in [-0.2, -0.15) is 0 Å². The van der Waals surface area contributed by atoms with Crippen molar-refractivity contribution in [2.45, 2.75) is 6.92 Å². The van der Waals surface area contributed by atoms with E-state index >= 15 is 0 Å². The number of primary sulfonamides is 1. The Morgan fingerprint density at radius 2 is 1.88 bits per heavy atom. The maximum absolute atomic E-state index is 10.7. The maximum Gasteiger partial charge on any atom is 0.212 e. The first kappa shape index (κ1) is 12.8. The van der Waals surface area contributed by atoms with Crippen LogP contribution in [0.15, 0.2) is 24.3 Å². The van der Waals surface area contributed by atoms with Gasteiger partial charge in [-0.3, -0.25) is 0 Å². The van der Waals surface area contributed by atoms with E-state index in [0.717, 1.165) is 0 Å². The lowest BCUT2D eigenvalue weighted by atomic mass is 10.3. The van der Waals surface area contributed by atoms with Gasteiger partial charge in [-0.1, -0.05) is 6.07 Å². The highest BCUT2D eigenvalue weighted by Gasteiger charge is 2.03. The number of hydrogen-bond acceptors (Lipinski definition) is 4. The Hall–Kier alpha value is -1.27. The van der Waals surface area contributed by atoms with Gasteiger partial charge < -0.3 is 9.47 Å². The Balaban J connectivity index is 2.51. The van der Waals surface area contributed by atoms with Gasteiger partial charge in [0, 0.05) is 6.07 Å². The second kappa shape index (κ2) is 5.72. The number of benzene rings is 1. The van der Waals surface area contributed by atoms with E-state index in [1.54, 1.807) is 24.3 Å². The Morgan fingerprint density at radius 1 is 1.25 bits per heavy atom. The average molecular weight is 245 g/mol. The minimum absolute atomic E-state index is 0.0361. The summed E-state index contributed by atoms with van der Waals surface area (Å²) in [5.74, 6) is 1.05. The Labute approximate surface area is 95.2 Å². The van der Waals surface area contributed by atoms with E-state index in [0.29, 0.717) is 18.1 Å². The molecule has 0 amide bonds. The standard InChI is InChI=1S/C10H15NO4S/c1-2-14-9-4-3-5-10(8-9)15-6-7-16(11,12)13/h3-5,8H,2,6-7H2,1H3,(H2,11,12,13). The van der Waals surface area contributed by atoms with E-state index < -0.39 is 10.0 Å². The summed E-state index contributed by atoms with van der Waals surface area (Å²) in [6, 6.07) is 7.01. The summed E-state index contributed by atoms with van der Waals surface area (Å²) in [6.07, 6.45) is 0. The molecule has 0 atom stereocenters. The molecule has 5 nitrogen and oxygen atoms in total. The summed E-state index contributed by atoms with van der Waals surface area (Å²) in [5, 5.41) is 4.84. The molecule has 6 heteroatoms. The maximum atomic E-state index is 10.7. The molecule has 1 aromatic rings. The smallest absolute Gasteiger partial charge is 0.212 e. The van der Waals surface area contributed by atoms with Crippen molar-refractivity contribution in [2.24, 2.45) is 5.14 Å². The highest BCUT2D eigenvalue weighted by atomic mass is 32.2. The van der Waals surface area contributed by atoms with Crippen molar-refractivity contribution in [1.82, 2.24) is 0 Å². The lowest BCUT2D eigenvalue weighted by Crippen LogP contribution is -2.21. The molecule has 1 rings (SSSR count). The average Bonchev–Trinajstić information content (AvgIpc) is 2.17. The van der Waals surface area contributed by atoms with E-state index in [1.165, 1.54) is 0 Å². The third kappa shape index (κ3) is 4.99. The van der Waals surface area contributed by atoms with Crippen molar-refractivity contribution in [3.63, 3.8) is 0 Å². The van der Waals surface area contributed by atoms with E-state index in [9.17, 15) is 8.42 Å². The first-order valence-corrected chi connectivity index (χ1v) is 6.59. The van der Waals surface area contributed by atoms with E-state index in [-0.39, 0.29) is 12.4 Å². The molecule has 0 aliphatic rings. The van der Waals surface area contributed by atoms with Gasteiger partial charge in [0.2, 0.25) is 10.0 Å². The predicted octanol–water partition coefficient (Wildman–Crippen LogP) is 0.753. The second-order valence-electron chi connectivity index (χ2n) is 3.12. The minimum atomic E-state index is -3.47. The molecule has 0 unspecified atom stereocenters. The van der Waals surface area contributed by atoms with Gasteiger partial charge in [0.05, 0.1) is 12.4 Å². The largest absolute Gasteiger partial charge is 0.494 e. The van der Waals surface area contributed by atoms with Crippen LogP contribution in [-0.4, -0.2) is 27.4 Å². The van der Waals surface area contributed by atoms with Crippen LogP contribution >= 0.6 is 0 Å². The molecule has 0 heterocycles. The monoisotopic (exact) mass is 245 g/mol. The fourth-order valence-electron chi connectivity index (χ4n) is 1.10. The number of nitrogens with two attached hydrogens (primary N) is 1. The Kier molecular flexibility index (Phi) is 4.57. The van der Waals surface area contributed by atoms with Crippen LogP contribution in [-0.2, 0) is 10.0 Å². The molecule has 0 aromatic heterocycles. The highest BCUT2D eigenvalue weighted by molar-refractivity contribution is 7.89. The Bertz CT molecular complexity index is 430. The van der Waals surface area contributed by atoms with Crippen LogP contribution < -0.4 is 14.6 Å². The minimum Gasteiger partial charge on any atom is -0.494 e. The van der Waals surface area contributed by atoms with Crippen molar-refractivity contribution < 1.29 is 17.9 Å². The first-order chi connectivity index (χ1) is 7.51. The molecule has 0 radical (unpaired) electrons. The molecule has 2 N–H and O–H groups in total.